The lowest BCUT2D eigenvalue weighted by Gasteiger charge is -2.18. The summed E-state index contributed by atoms with van der Waals surface area (Å²) in [5, 5.41) is 2.82. The van der Waals surface area contributed by atoms with Gasteiger partial charge in [0.05, 0.1) is 25.8 Å². The van der Waals surface area contributed by atoms with Crippen LogP contribution < -0.4 is 20.5 Å². The topological polar surface area (TPSA) is 85.5 Å². The first kappa shape index (κ1) is 22.9. The molecule has 1 aliphatic rings. The smallest absolute Gasteiger partial charge is 0.394 e. The highest BCUT2D eigenvalue weighted by molar-refractivity contribution is 5.79. The van der Waals surface area contributed by atoms with E-state index in [0.29, 0.717) is 23.7 Å². The zero-order chi connectivity index (χ0) is 22.4. The van der Waals surface area contributed by atoms with Gasteiger partial charge in [-0.05, 0) is 50.0 Å². The molecule has 7 nitrogen and oxygen atoms in total. The van der Waals surface area contributed by atoms with E-state index >= 15 is 0 Å². The van der Waals surface area contributed by atoms with Crippen LogP contribution in [0.3, 0.4) is 0 Å². The molecule has 0 atom stereocenters. The van der Waals surface area contributed by atoms with Crippen molar-refractivity contribution in [3.8, 4) is 22.6 Å². The lowest BCUT2D eigenvalue weighted by atomic mass is 10.0. The number of anilines is 2. The normalized spacial score (nSPS) is 14.6. The van der Waals surface area contributed by atoms with E-state index in [2.05, 4.69) is 20.2 Å². The summed E-state index contributed by atoms with van der Waals surface area (Å²) in [4.78, 5) is 10.3. The van der Waals surface area contributed by atoms with Gasteiger partial charge in [-0.15, -0.1) is 0 Å². The van der Waals surface area contributed by atoms with Crippen molar-refractivity contribution >= 4 is 11.8 Å². The molecule has 1 saturated heterocycles. The third-order valence-electron chi connectivity index (χ3n) is 5.13. The molecule has 3 rings (SSSR count). The summed E-state index contributed by atoms with van der Waals surface area (Å²) in [6.45, 7) is 3.66. The van der Waals surface area contributed by atoms with E-state index in [0.717, 1.165) is 26.1 Å². The number of hydrogen-bond acceptors (Lipinski definition) is 7. The number of ether oxygens (including phenoxy) is 2. The van der Waals surface area contributed by atoms with Crippen molar-refractivity contribution in [3.05, 3.63) is 23.9 Å². The highest BCUT2D eigenvalue weighted by Gasteiger charge is 2.31. The lowest BCUT2D eigenvalue weighted by Crippen LogP contribution is -2.21. The third kappa shape index (κ3) is 6.13. The molecular weight excluding hydrogens is 411 g/mol. The number of alkyl halides is 3. The molecule has 0 amide bonds. The Bertz CT molecular complexity index is 886. The second-order valence-electron chi connectivity index (χ2n) is 7.41. The molecule has 0 spiro atoms. The highest BCUT2D eigenvalue weighted by atomic mass is 19.4. The zero-order valence-electron chi connectivity index (χ0n) is 17.8. The standard InChI is InChI=1S/C21H28F3N5O2/c1-26-19-18(15(13-21(22,23)24)27-20(25)28-19)14-6-7-16(30-2)17(12-14)31-11-5-10-29-8-3-4-9-29/h6-7,12H,3-5,8-11,13H2,1-2H3,(H3,25,26,27,28). The Kier molecular flexibility index (Phi) is 7.42. The molecule has 31 heavy (non-hydrogen) atoms. The van der Waals surface area contributed by atoms with Gasteiger partial charge in [-0.25, -0.2) is 4.98 Å². The minimum Gasteiger partial charge on any atom is -0.493 e. The van der Waals surface area contributed by atoms with Gasteiger partial charge in [-0.1, -0.05) is 6.07 Å². The Labute approximate surface area is 179 Å². The third-order valence-corrected chi connectivity index (χ3v) is 5.13. The number of nitrogen functional groups attached to an aromatic ring is 1. The molecule has 1 aromatic heterocycles. The van der Waals surface area contributed by atoms with E-state index < -0.39 is 12.6 Å². The van der Waals surface area contributed by atoms with Crippen LogP contribution >= 0.6 is 0 Å². The van der Waals surface area contributed by atoms with Crippen LogP contribution in [0.5, 0.6) is 11.5 Å². The maximum atomic E-state index is 13.2. The maximum Gasteiger partial charge on any atom is 0.394 e. The van der Waals surface area contributed by atoms with Crippen molar-refractivity contribution in [1.82, 2.24) is 14.9 Å². The number of rotatable bonds is 9. The first-order chi connectivity index (χ1) is 14.8. The van der Waals surface area contributed by atoms with Crippen LogP contribution in [0.1, 0.15) is 25.0 Å². The number of nitrogens with one attached hydrogen (secondary N) is 1. The van der Waals surface area contributed by atoms with Crippen LogP contribution in [0.2, 0.25) is 0 Å². The Hall–Kier alpha value is -2.75. The number of nitrogens with zero attached hydrogens (tertiary/aromatic N) is 3. The molecule has 1 aromatic carbocycles. The predicted molar refractivity (Wildman–Crippen MR) is 114 cm³/mol. The second kappa shape index (κ2) is 10.0. The van der Waals surface area contributed by atoms with Gasteiger partial charge < -0.3 is 25.4 Å². The van der Waals surface area contributed by atoms with Crippen molar-refractivity contribution in [1.29, 1.82) is 0 Å². The molecule has 0 bridgehead atoms. The summed E-state index contributed by atoms with van der Waals surface area (Å²) in [5.74, 6) is 0.957. The van der Waals surface area contributed by atoms with E-state index in [1.807, 2.05) is 0 Å². The van der Waals surface area contributed by atoms with Crippen molar-refractivity contribution in [2.45, 2.75) is 31.9 Å². The van der Waals surface area contributed by atoms with E-state index in [4.69, 9.17) is 15.2 Å². The van der Waals surface area contributed by atoms with Crippen molar-refractivity contribution < 1.29 is 22.6 Å². The Balaban J connectivity index is 1.87. The average molecular weight is 439 g/mol. The molecule has 10 heteroatoms. The van der Waals surface area contributed by atoms with Gasteiger partial charge in [0.2, 0.25) is 5.95 Å². The van der Waals surface area contributed by atoms with Crippen LogP contribution in [0.25, 0.3) is 11.1 Å². The SMILES string of the molecule is CNc1nc(N)nc(CC(F)(F)F)c1-c1ccc(OC)c(OCCCN2CCCC2)c1. The first-order valence-electron chi connectivity index (χ1n) is 10.2. The molecule has 0 unspecified atom stereocenters. The number of hydrogen-bond donors (Lipinski definition) is 2. The van der Waals surface area contributed by atoms with Crippen molar-refractivity contribution in [2.24, 2.45) is 0 Å². The van der Waals surface area contributed by atoms with Crippen molar-refractivity contribution in [3.63, 3.8) is 0 Å². The van der Waals surface area contributed by atoms with Gasteiger partial charge in [0.25, 0.3) is 0 Å². The van der Waals surface area contributed by atoms with E-state index in [-0.39, 0.29) is 23.0 Å². The maximum absolute atomic E-state index is 13.2. The molecule has 0 aliphatic carbocycles. The van der Waals surface area contributed by atoms with Gasteiger partial charge in [-0.3, -0.25) is 0 Å². The first-order valence-corrected chi connectivity index (χ1v) is 10.2. The monoisotopic (exact) mass is 439 g/mol. The molecule has 3 N–H and O–H groups in total. The summed E-state index contributed by atoms with van der Waals surface area (Å²) >= 11 is 0. The Morgan fingerprint density at radius 2 is 1.90 bits per heavy atom. The summed E-state index contributed by atoms with van der Waals surface area (Å²) in [6.07, 6.45) is -2.36. The van der Waals surface area contributed by atoms with Gasteiger partial charge in [0.1, 0.15) is 5.82 Å². The molecular formula is C21H28F3N5O2. The molecule has 170 valence electrons. The number of likely N-dealkylation sites (tertiary alicyclic amines) is 1. The van der Waals surface area contributed by atoms with Crippen LogP contribution in [0.15, 0.2) is 18.2 Å². The predicted octanol–water partition coefficient (Wildman–Crippen LogP) is 3.75. The van der Waals surface area contributed by atoms with E-state index in [9.17, 15) is 13.2 Å². The fraction of sp³-hybridized carbons (Fsp3) is 0.524. The Morgan fingerprint density at radius 1 is 1.16 bits per heavy atom. The summed E-state index contributed by atoms with van der Waals surface area (Å²) in [5.41, 5.74) is 6.15. The number of aromatic nitrogens is 2. The summed E-state index contributed by atoms with van der Waals surface area (Å²) < 4.78 is 50.8. The van der Waals surface area contributed by atoms with E-state index in [1.165, 1.54) is 20.0 Å². The Morgan fingerprint density at radius 3 is 2.55 bits per heavy atom. The van der Waals surface area contributed by atoms with Gasteiger partial charge in [0.15, 0.2) is 11.5 Å². The minimum absolute atomic E-state index is 0.200. The van der Waals surface area contributed by atoms with Crippen LogP contribution in [-0.4, -0.2) is 61.4 Å². The van der Waals surface area contributed by atoms with Crippen LogP contribution in [-0.2, 0) is 6.42 Å². The van der Waals surface area contributed by atoms with E-state index in [1.54, 1.807) is 25.2 Å². The van der Waals surface area contributed by atoms with Gasteiger partial charge in [-0.2, -0.15) is 18.2 Å². The minimum atomic E-state index is -4.44. The summed E-state index contributed by atoms with van der Waals surface area (Å²) in [7, 11) is 3.09. The number of halogens is 3. The molecule has 2 aromatic rings. The largest absolute Gasteiger partial charge is 0.493 e. The zero-order valence-corrected chi connectivity index (χ0v) is 17.8. The van der Waals surface area contributed by atoms with Crippen LogP contribution in [0.4, 0.5) is 24.9 Å². The van der Waals surface area contributed by atoms with Gasteiger partial charge in [0, 0.05) is 19.2 Å². The van der Waals surface area contributed by atoms with Crippen LogP contribution in [0, 0.1) is 0 Å². The fourth-order valence-electron chi connectivity index (χ4n) is 3.75. The molecule has 0 saturated carbocycles. The molecule has 2 heterocycles. The molecule has 0 radical (unpaired) electrons. The fourth-order valence-corrected chi connectivity index (χ4v) is 3.75. The number of nitrogens with two attached hydrogens (primary N) is 1. The average Bonchev–Trinajstić information content (AvgIpc) is 3.23. The quantitative estimate of drug-likeness (QED) is 0.576. The van der Waals surface area contributed by atoms with Crippen molar-refractivity contribution in [2.75, 3.05) is 51.4 Å². The number of benzene rings is 1. The van der Waals surface area contributed by atoms with Gasteiger partial charge >= 0.3 is 6.18 Å². The molecule has 1 fully saturated rings. The number of methoxy groups -OCH3 is 1. The highest BCUT2D eigenvalue weighted by Crippen LogP contribution is 2.38. The lowest BCUT2D eigenvalue weighted by molar-refractivity contribution is -0.127. The summed E-state index contributed by atoms with van der Waals surface area (Å²) in [6, 6.07) is 4.98. The molecule has 1 aliphatic heterocycles. The second-order valence-corrected chi connectivity index (χ2v) is 7.41.